The molecule has 1 aliphatic heterocycles. The number of nitrogens with one attached hydrogen (secondary N) is 2. The van der Waals surface area contributed by atoms with Crippen molar-refractivity contribution in [3.8, 4) is 11.5 Å². The molecule has 25 heavy (non-hydrogen) atoms. The predicted molar refractivity (Wildman–Crippen MR) is 95.3 cm³/mol. The monoisotopic (exact) mass is 382 g/mol. The molecule has 1 amide bonds. The van der Waals surface area contributed by atoms with E-state index in [1.54, 1.807) is 24.3 Å². The Bertz CT molecular complexity index is 930. The van der Waals surface area contributed by atoms with Gasteiger partial charge in [0, 0.05) is 5.56 Å². The first kappa shape index (κ1) is 17.4. The summed E-state index contributed by atoms with van der Waals surface area (Å²) in [6.07, 6.45) is 1.03. The molecular weight excluding hydrogens is 368 g/mol. The molecule has 1 heterocycles. The Labute approximate surface area is 149 Å². The van der Waals surface area contributed by atoms with E-state index in [4.69, 9.17) is 21.1 Å². The minimum absolute atomic E-state index is 0.266. The Balaban J connectivity index is 1.87. The Kier molecular flexibility index (Phi) is 4.73. The smallest absolute Gasteiger partial charge is 0.255 e. The number of fused-ring (bicyclic) bond motifs is 1. The molecule has 2 aromatic rings. The molecule has 0 bridgehead atoms. The van der Waals surface area contributed by atoms with Gasteiger partial charge in [-0.1, -0.05) is 23.7 Å². The van der Waals surface area contributed by atoms with Crippen molar-refractivity contribution >= 4 is 38.9 Å². The fourth-order valence-electron chi connectivity index (χ4n) is 2.32. The fraction of sp³-hybridized carbons (Fsp3) is 0.188. The van der Waals surface area contributed by atoms with Crippen LogP contribution in [0.1, 0.15) is 10.4 Å². The number of amides is 1. The van der Waals surface area contributed by atoms with Crippen LogP contribution in [0.3, 0.4) is 0 Å². The number of rotatable bonds is 4. The summed E-state index contributed by atoms with van der Waals surface area (Å²) in [5.74, 6) is 0.344. The summed E-state index contributed by atoms with van der Waals surface area (Å²) < 4.78 is 36.1. The molecule has 0 aromatic heterocycles. The Morgan fingerprint density at radius 3 is 2.52 bits per heavy atom. The molecule has 1 aliphatic rings. The normalized spacial score (nSPS) is 13.2. The lowest BCUT2D eigenvalue weighted by Gasteiger charge is -2.20. The second-order valence-corrected chi connectivity index (χ2v) is 7.51. The average Bonchev–Trinajstić information content (AvgIpc) is 2.55. The number of para-hydroxylation sites is 2. The van der Waals surface area contributed by atoms with E-state index in [-0.39, 0.29) is 16.3 Å². The number of anilines is 2. The lowest BCUT2D eigenvalue weighted by atomic mass is 10.1. The van der Waals surface area contributed by atoms with E-state index in [9.17, 15) is 13.2 Å². The van der Waals surface area contributed by atoms with Crippen LogP contribution in [0.25, 0.3) is 0 Å². The summed E-state index contributed by atoms with van der Waals surface area (Å²) in [5.41, 5.74) is 0.856. The van der Waals surface area contributed by atoms with Crippen LogP contribution in [0.2, 0.25) is 5.02 Å². The van der Waals surface area contributed by atoms with E-state index in [0.29, 0.717) is 30.4 Å². The van der Waals surface area contributed by atoms with Crippen molar-refractivity contribution in [3.63, 3.8) is 0 Å². The summed E-state index contributed by atoms with van der Waals surface area (Å²) >= 11 is 6.14. The van der Waals surface area contributed by atoms with Crippen molar-refractivity contribution in [3.05, 3.63) is 47.0 Å². The number of halogens is 1. The number of carbonyl (C=O) groups is 1. The van der Waals surface area contributed by atoms with Crippen molar-refractivity contribution in [2.45, 2.75) is 0 Å². The van der Waals surface area contributed by atoms with Crippen LogP contribution >= 0.6 is 11.6 Å². The second-order valence-electron chi connectivity index (χ2n) is 5.36. The van der Waals surface area contributed by atoms with E-state index in [2.05, 4.69) is 10.0 Å². The summed E-state index contributed by atoms with van der Waals surface area (Å²) in [4.78, 5) is 12.5. The van der Waals surface area contributed by atoms with E-state index in [0.717, 1.165) is 6.26 Å². The van der Waals surface area contributed by atoms with Crippen LogP contribution in [-0.2, 0) is 10.0 Å². The van der Waals surface area contributed by atoms with Crippen LogP contribution < -0.4 is 19.5 Å². The lowest BCUT2D eigenvalue weighted by molar-refractivity contribution is 0.102. The Morgan fingerprint density at radius 2 is 1.80 bits per heavy atom. The van der Waals surface area contributed by atoms with E-state index < -0.39 is 15.9 Å². The largest absolute Gasteiger partial charge is 0.486 e. The zero-order chi connectivity index (χ0) is 18.0. The molecule has 9 heteroatoms. The van der Waals surface area contributed by atoms with Gasteiger partial charge in [0.1, 0.15) is 13.2 Å². The lowest BCUT2D eigenvalue weighted by Crippen LogP contribution is -2.18. The van der Waals surface area contributed by atoms with Gasteiger partial charge >= 0.3 is 0 Å². The third kappa shape index (κ3) is 4.15. The first-order valence-corrected chi connectivity index (χ1v) is 9.58. The summed E-state index contributed by atoms with van der Waals surface area (Å²) in [7, 11) is -3.48. The van der Waals surface area contributed by atoms with E-state index >= 15 is 0 Å². The number of hydrogen-bond acceptors (Lipinski definition) is 5. The molecule has 0 saturated carbocycles. The molecule has 0 fully saturated rings. The van der Waals surface area contributed by atoms with Gasteiger partial charge in [0.05, 0.1) is 22.7 Å². The Hall–Kier alpha value is -2.45. The van der Waals surface area contributed by atoms with Crippen LogP contribution in [0, 0.1) is 0 Å². The molecular formula is C16H15ClN2O5S. The highest BCUT2D eigenvalue weighted by molar-refractivity contribution is 7.92. The summed E-state index contributed by atoms with van der Waals surface area (Å²) in [6, 6.07) is 9.47. The molecule has 132 valence electrons. The van der Waals surface area contributed by atoms with Crippen LogP contribution in [-0.4, -0.2) is 33.8 Å². The molecule has 0 unspecified atom stereocenters. The quantitative estimate of drug-likeness (QED) is 0.848. The zero-order valence-electron chi connectivity index (χ0n) is 13.2. The van der Waals surface area contributed by atoms with Gasteiger partial charge in [0.2, 0.25) is 10.0 Å². The van der Waals surface area contributed by atoms with Crippen LogP contribution in [0.5, 0.6) is 11.5 Å². The number of benzene rings is 2. The molecule has 0 saturated heterocycles. The highest BCUT2D eigenvalue weighted by Gasteiger charge is 2.20. The molecule has 3 rings (SSSR count). The molecule has 2 aromatic carbocycles. The maximum atomic E-state index is 12.5. The van der Waals surface area contributed by atoms with Crippen molar-refractivity contribution in [1.82, 2.24) is 0 Å². The first-order valence-electron chi connectivity index (χ1n) is 7.31. The SMILES string of the molecule is CS(=O)(=O)Nc1ccccc1NC(=O)c1cc(Cl)c2c(c1)OCCO2. The van der Waals surface area contributed by atoms with Gasteiger partial charge in [0.25, 0.3) is 5.91 Å². The van der Waals surface area contributed by atoms with Crippen molar-refractivity contribution in [2.75, 3.05) is 29.5 Å². The van der Waals surface area contributed by atoms with Gasteiger partial charge in [-0.05, 0) is 24.3 Å². The highest BCUT2D eigenvalue weighted by atomic mass is 35.5. The standard InChI is InChI=1S/C16H15ClN2O5S/c1-25(21,22)19-13-5-3-2-4-12(13)18-16(20)10-8-11(17)15-14(9-10)23-6-7-24-15/h2-5,8-9,19H,6-7H2,1H3,(H,18,20). The first-order chi connectivity index (χ1) is 11.8. The van der Waals surface area contributed by atoms with Crippen molar-refractivity contribution in [1.29, 1.82) is 0 Å². The molecule has 0 radical (unpaired) electrons. The van der Waals surface area contributed by atoms with Crippen LogP contribution in [0.15, 0.2) is 36.4 Å². The van der Waals surface area contributed by atoms with Crippen LogP contribution in [0.4, 0.5) is 11.4 Å². The minimum atomic E-state index is -3.48. The fourth-order valence-corrected chi connectivity index (χ4v) is 3.16. The number of sulfonamides is 1. The average molecular weight is 383 g/mol. The molecule has 0 aliphatic carbocycles. The van der Waals surface area contributed by atoms with Gasteiger partial charge < -0.3 is 14.8 Å². The van der Waals surface area contributed by atoms with Gasteiger partial charge in [-0.25, -0.2) is 8.42 Å². The number of carbonyl (C=O) groups excluding carboxylic acids is 1. The highest BCUT2D eigenvalue weighted by Crippen LogP contribution is 2.38. The van der Waals surface area contributed by atoms with E-state index in [1.807, 2.05) is 0 Å². The van der Waals surface area contributed by atoms with Gasteiger partial charge in [-0.2, -0.15) is 0 Å². The number of hydrogen-bond donors (Lipinski definition) is 2. The number of ether oxygens (including phenoxy) is 2. The van der Waals surface area contributed by atoms with Crippen molar-refractivity contribution < 1.29 is 22.7 Å². The zero-order valence-corrected chi connectivity index (χ0v) is 14.8. The van der Waals surface area contributed by atoms with Gasteiger partial charge in [-0.3, -0.25) is 9.52 Å². The minimum Gasteiger partial charge on any atom is -0.486 e. The third-order valence-corrected chi connectivity index (χ3v) is 4.20. The van der Waals surface area contributed by atoms with Gasteiger partial charge in [-0.15, -0.1) is 0 Å². The molecule has 2 N–H and O–H groups in total. The third-order valence-electron chi connectivity index (χ3n) is 3.33. The molecule has 0 spiro atoms. The topological polar surface area (TPSA) is 93.7 Å². The maximum absolute atomic E-state index is 12.5. The maximum Gasteiger partial charge on any atom is 0.255 e. The Morgan fingerprint density at radius 1 is 1.12 bits per heavy atom. The van der Waals surface area contributed by atoms with E-state index in [1.165, 1.54) is 12.1 Å². The summed E-state index contributed by atoms with van der Waals surface area (Å²) in [5, 5.41) is 2.93. The molecule has 0 atom stereocenters. The molecule has 7 nitrogen and oxygen atoms in total. The van der Waals surface area contributed by atoms with Crippen molar-refractivity contribution in [2.24, 2.45) is 0 Å². The summed E-state index contributed by atoms with van der Waals surface area (Å²) in [6.45, 7) is 0.762. The second kappa shape index (κ2) is 6.81. The van der Waals surface area contributed by atoms with Gasteiger partial charge in [0.15, 0.2) is 11.5 Å². The predicted octanol–water partition coefficient (Wildman–Crippen LogP) is 2.74.